The first-order valence-corrected chi connectivity index (χ1v) is 9.12. The van der Waals surface area contributed by atoms with E-state index in [1.807, 2.05) is 24.3 Å². The summed E-state index contributed by atoms with van der Waals surface area (Å²) in [5.41, 5.74) is 2.52. The zero-order valence-corrected chi connectivity index (χ0v) is 15.7. The van der Waals surface area contributed by atoms with Gasteiger partial charge >= 0.3 is 0 Å². The summed E-state index contributed by atoms with van der Waals surface area (Å²) >= 11 is 3.46. The lowest BCUT2D eigenvalue weighted by molar-refractivity contribution is 0.871. The van der Waals surface area contributed by atoms with Gasteiger partial charge in [-0.3, -0.25) is 0 Å². The average Bonchev–Trinajstić information content (AvgIpc) is 2.64. The molecule has 0 saturated heterocycles. The molecule has 1 aromatic heterocycles. The third kappa shape index (κ3) is 5.29. The third-order valence-corrected chi connectivity index (χ3v) is 4.49. The Bertz CT molecular complexity index is 790. The van der Waals surface area contributed by atoms with E-state index < -0.39 is 0 Å². The molecule has 0 spiro atoms. The van der Waals surface area contributed by atoms with E-state index in [1.54, 1.807) is 6.33 Å². The van der Waals surface area contributed by atoms with Crippen molar-refractivity contribution in [3.63, 3.8) is 0 Å². The Balaban J connectivity index is 1.55. The van der Waals surface area contributed by atoms with Crippen LogP contribution in [0.25, 0.3) is 0 Å². The van der Waals surface area contributed by atoms with Crippen LogP contribution in [-0.2, 0) is 6.42 Å². The molecular formula is C20H21BrN4. The van der Waals surface area contributed by atoms with Crippen molar-refractivity contribution in [1.29, 1.82) is 0 Å². The minimum absolute atomic E-state index is 0.187. The van der Waals surface area contributed by atoms with Crippen molar-refractivity contribution < 1.29 is 0 Å². The van der Waals surface area contributed by atoms with Crippen LogP contribution in [-0.4, -0.2) is 16.5 Å². The molecule has 0 bridgehead atoms. The van der Waals surface area contributed by atoms with Gasteiger partial charge in [-0.05, 0) is 36.6 Å². The molecule has 0 aliphatic rings. The van der Waals surface area contributed by atoms with Crippen molar-refractivity contribution in [2.24, 2.45) is 0 Å². The predicted octanol–water partition coefficient (Wildman–Crippen LogP) is 5.07. The van der Waals surface area contributed by atoms with Crippen LogP contribution >= 0.6 is 15.9 Å². The van der Waals surface area contributed by atoms with Crippen molar-refractivity contribution >= 4 is 27.6 Å². The van der Waals surface area contributed by atoms with Crippen LogP contribution in [0.1, 0.15) is 24.1 Å². The molecule has 1 atom stereocenters. The Morgan fingerprint density at radius 3 is 2.44 bits per heavy atom. The normalized spacial score (nSPS) is 11.8. The molecule has 0 amide bonds. The van der Waals surface area contributed by atoms with Crippen LogP contribution in [0, 0.1) is 0 Å². The molecule has 0 aliphatic heterocycles. The van der Waals surface area contributed by atoms with Crippen LogP contribution in [0.5, 0.6) is 0 Å². The van der Waals surface area contributed by atoms with Crippen molar-refractivity contribution in [2.45, 2.75) is 19.4 Å². The summed E-state index contributed by atoms with van der Waals surface area (Å²) in [5.74, 6) is 1.65. The van der Waals surface area contributed by atoms with Gasteiger partial charge in [-0.2, -0.15) is 0 Å². The molecule has 25 heavy (non-hydrogen) atoms. The predicted molar refractivity (Wildman–Crippen MR) is 107 cm³/mol. The first-order valence-electron chi connectivity index (χ1n) is 8.32. The fourth-order valence-electron chi connectivity index (χ4n) is 2.57. The van der Waals surface area contributed by atoms with E-state index in [0.717, 1.165) is 29.1 Å². The molecule has 0 unspecified atom stereocenters. The highest BCUT2D eigenvalue weighted by Crippen LogP contribution is 2.18. The smallest absolute Gasteiger partial charge is 0.131 e. The van der Waals surface area contributed by atoms with Crippen molar-refractivity contribution in [1.82, 2.24) is 9.97 Å². The average molecular weight is 397 g/mol. The van der Waals surface area contributed by atoms with Crippen LogP contribution in [0.4, 0.5) is 11.6 Å². The zero-order valence-electron chi connectivity index (χ0n) is 14.1. The van der Waals surface area contributed by atoms with Gasteiger partial charge < -0.3 is 10.6 Å². The molecule has 2 N–H and O–H groups in total. The number of nitrogens with zero attached hydrogens (tertiary/aromatic N) is 2. The Hall–Kier alpha value is -2.40. The second-order valence-corrected chi connectivity index (χ2v) is 6.78. The molecule has 0 aliphatic carbocycles. The van der Waals surface area contributed by atoms with E-state index in [2.05, 4.69) is 79.9 Å². The zero-order chi connectivity index (χ0) is 17.5. The van der Waals surface area contributed by atoms with Crippen LogP contribution in [0.3, 0.4) is 0 Å². The molecular weight excluding hydrogens is 376 g/mol. The number of nitrogens with one attached hydrogen (secondary N) is 2. The number of rotatable bonds is 7. The highest BCUT2D eigenvalue weighted by Gasteiger charge is 2.06. The summed E-state index contributed by atoms with van der Waals surface area (Å²) in [4.78, 5) is 8.61. The number of halogens is 1. The summed E-state index contributed by atoms with van der Waals surface area (Å²) < 4.78 is 1.10. The fraction of sp³-hybridized carbons (Fsp3) is 0.200. The number of anilines is 2. The van der Waals surface area contributed by atoms with Gasteiger partial charge in [0.15, 0.2) is 0 Å². The van der Waals surface area contributed by atoms with Crippen molar-refractivity contribution in [3.05, 3.63) is 82.6 Å². The van der Waals surface area contributed by atoms with Crippen LogP contribution in [0.2, 0.25) is 0 Å². The SMILES string of the molecule is C[C@H](Nc1cc(NCCc2ccc(Br)cc2)ncn1)c1ccccc1. The standard InChI is InChI=1S/C20H21BrN4/c1-15(17-5-3-2-4-6-17)25-20-13-19(23-14-24-20)22-12-11-16-7-9-18(21)10-8-16/h2-10,13-15H,11-12H2,1H3,(H2,22,23,24,25)/t15-/m0/s1. The third-order valence-electron chi connectivity index (χ3n) is 3.96. The molecule has 4 nitrogen and oxygen atoms in total. The number of benzene rings is 2. The largest absolute Gasteiger partial charge is 0.370 e. The number of hydrogen-bond acceptors (Lipinski definition) is 4. The van der Waals surface area contributed by atoms with Crippen molar-refractivity contribution in [3.8, 4) is 0 Å². The fourth-order valence-corrected chi connectivity index (χ4v) is 2.83. The van der Waals surface area contributed by atoms with Gasteiger partial charge in [0.1, 0.15) is 18.0 Å². The van der Waals surface area contributed by atoms with E-state index in [0.29, 0.717) is 0 Å². The minimum atomic E-state index is 0.187. The second kappa shape index (κ2) is 8.62. The van der Waals surface area contributed by atoms with Gasteiger partial charge in [0, 0.05) is 23.1 Å². The summed E-state index contributed by atoms with van der Waals surface area (Å²) in [6.45, 7) is 2.95. The van der Waals surface area contributed by atoms with E-state index in [-0.39, 0.29) is 6.04 Å². The van der Waals surface area contributed by atoms with E-state index in [9.17, 15) is 0 Å². The highest BCUT2D eigenvalue weighted by molar-refractivity contribution is 9.10. The first-order chi connectivity index (χ1) is 12.2. The van der Waals surface area contributed by atoms with E-state index >= 15 is 0 Å². The van der Waals surface area contributed by atoms with Crippen LogP contribution < -0.4 is 10.6 Å². The van der Waals surface area contributed by atoms with Gasteiger partial charge in [0.25, 0.3) is 0 Å². The van der Waals surface area contributed by atoms with E-state index in [4.69, 9.17) is 0 Å². The highest BCUT2D eigenvalue weighted by atomic mass is 79.9. The molecule has 5 heteroatoms. The molecule has 0 radical (unpaired) electrons. The number of aromatic nitrogens is 2. The summed E-state index contributed by atoms with van der Waals surface area (Å²) in [6.07, 6.45) is 2.53. The maximum absolute atomic E-state index is 4.31. The first kappa shape index (κ1) is 17.4. The lowest BCUT2D eigenvalue weighted by atomic mass is 10.1. The minimum Gasteiger partial charge on any atom is -0.370 e. The summed E-state index contributed by atoms with van der Waals surface area (Å²) in [7, 11) is 0. The maximum Gasteiger partial charge on any atom is 0.131 e. The quantitative estimate of drug-likeness (QED) is 0.585. The molecule has 1 heterocycles. The van der Waals surface area contributed by atoms with Crippen molar-refractivity contribution in [2.75, 3.05) is 17.2 Å². The second-order valence-electron chi connectivity index (χ2n) is 5.87. The lowest BCUT2D eigenvalue weighted by Gasteiger charge is -2.15. The monoisotopic (exact) mass is 396 g/mol. The molecule has 3 rings (SSSR count). The maximum atomic E-state index is 4.31. The molecule has 2 aromatic carbocycles. The van der Waals surface area contributed by atoms with Gasteiger partial charge in [-0.1, -0.05) is 58.4 Å². The number of hydrogen-bond donors (Lipinski definition) is 2. The summed E-state index contributed by atoms with van der Waals surface area (Å²) in [6, 6.07) is 20.8. The molecule has 3 aromatic rings. The Labute approximate surface area is 156 Å². The van der Waals surface area contributed by atoms with E-state index in [1.165, 1.54) is 11.1 Å². The van der Waals surface area contributed by atoms with Gasteiger partial charge in [-0.25, -0.2) is 9.97 Å². The molecule has 0 saturated carbocycles. The topological polar surface area (TPSA) is 49.8 Å². The Kier molecular flexibility index (Phi) is 6.01. The molecule has 0 fully saturated rings. The van der Waals surface area contributed by atoms with Gasteiger partial charge in [-0.15, -0.1) is 0 Å². The Morgan fingerprint density at radius 1 is 0.960 bits per heavy atom. The van der Waals surface area contributed by atoms with Gasteiger partial charge in [0.05, 0.1) is 0 Å². The lowest BCUT2D eigenvalue weighted by Crippen LogP contribution is -2.10. The molecule has 128 valence electrons. The van der Waals surface area contributed by atoms with Gasteiger partial charge in [0.2, 0.25) is 0 Å². The summed E-state index contributed by atoms with van der Waals surface area (Å²) in [5, 5.41) is 6.77. The van der Waals surface area contributed by atoms with Crippen LogP contribution in [0.15, 0.2) is 71.5 Å². The Morgan fingerprint density at radius 2 is 1.68 bits per heavy atom.